The average Bonchev–Trinajstić information content (AvgIpc) is 2.30. The van der Waals surface area contributed by atoms with Crippen molar-refractivity contribution in [1.29, 1.82) is 0 Å². The smallest absolute Gasteiger partial charge is 0.0678 e. The molecule has 17 nitrogen and oxygen atoms in total. The molecule has 10 rings (SSSR count). The summed E-state index contributed by atoms with van der Waals surface area (Å²) < 4.78 is 32.8. The molecule has 0 amide bonds. The molecule has 516 valence electrons. The molecule has 0 aromatic rings. The minimum absolute atomic E-state index is 0.404. The maximum absolute atomic E-state index is 11.4. The van der Waals surface area contributed by atoms with Gasteiger partial charge in [0.25, 0.3) is 0 Å². The SMILES string of the molecule is C=S1(=O)CCN(C(C)C)CC1.CC(C)N1CCN(C)[C@@H](C)C1.CC(C)N1CCN(C)[C@H](C)C1.CC(C)N1CCN(C2COC2)C[C@@H]1C.CC(C)N1CCN(C2COC2)C[C@H]1C.CC(C)N1C[C@@H](C)N(C2COC2)[C@@H](C)C1.CC(C)N1C[C@@H](C)O[C@@H](C)C1. The predicted octanol–water partition coefficient (Wildman–Crippen LogP) is 6.78. The number of hydrogen-bond donors (Lipinski definition) is 0. The van der Waals surface area contributed by atoms with E-state index in [4.69, 9.17) is 18.9 Å². The van der Waals surface area contributed by atoms with Gasteiger partial charge in [-0.15, -0.1) is 0 Å². The molecule has 0 radical (unpaired) electrons. The number of nitrogens with zero attached hydrogens (tertiary/aromatic N) is 12. The molecule has 0 unspecified atom stereocenters. The zero-order chi connectivity index (χ0) is 65.0. The van der Waals surface area contributed by atoms with Crippen LogP contribution in [-0.2, 0) is 28.5 Å². The third-order valence-electron chi connectivity index (χ3n) is 20.7. The van der Waals surface area contributed by atoms with Crippen molar-refractivity contribution in [2.24, 2.45) is 0 Å². The zero-order valence-electron chi connectivity index (χ0n) is 61.3. The first-order valence-corrected chi connectivity index (χ1v) is 37.4. The number of likely N-dealkylation sites (N-methyl/N-ethyl adjacent to an activating group) is 2. The zero-order valence-corrected chi connectivity index (χ0v) is 62.1. The van der Waals surface area contributed by atoms with Gasteiger partial charge in [0, 0.05) is 208 Å². The molecule has 10 aliphatic heterocycles. The summed E-state index contributed by atoms with van der Waals surface area (Å²) in [6, 6.07) is 11.0. The van der Waals surface area contributed by atoms with Crippen LogP contribution in [0, 0.1) is 0 Å². The van der Waals surface area contributed by atoms with Crippen molar-refractivity contribution in [3.63, 3.8) is 0 Å². The van der Waals surface area contributed by atoms with Gasteiger partial charge >= 0.3 is 0 Å². The first-order chi connectivity index (χ1) is 40.8. The molecule has 10 aliphatic rings. The number of hydrogen-bond acceptors (Lipinski definition) is 17. The second-order valence-electron chi connectivity index (χ2n) is 30.3. The van der Waals surface area contributed by atoms with Crippen molar-refractivity contribution in [1.82, 2.24) is 58.8 Å². The number of rotatable bonds is 10. The predicted molar refractivity (Wildman–Crippen MR) is 373 cm³/mol. The largest absolute Gasteiger partial charge is 0.378 e. The Kier molecular flexibility index (Phi) is 35.0. The minimum Gasteiger partial charge on any atom is -0.378 e. The van der Waals surface area contributed by atoms with E-state index in [0.717, 1.165) is 89.4 Å². The molecule has 10 fully saturated rings. The molecule has 0 saturated carbocycles. The van der Waals surface area contributed by atoms with E-state index in [1.165, 1.54) is 91.6 Å². The van der Waals surface area contributed by atoms with E-state index in [-0.39, 0.29) is 0 Å². The van der Waals surface area contributed by atoms with E-state index in [1.54, 1.807) is 0 Å². The summed E-state index contributed by atoms with van der Waals surface area (Å²) in [5.41, 5.74) is 0. The molecule has 0 aliphatic carbocycles. The van der Waals surface area contributed by atoms with Gasteiger partial charge in [-0.1, -0.05) is 0 Å². The van der Waals surface area contributed by atoms with Crippen LogP contribution < -0.4 is 0 Å². The van der Waals surface area contributed by atoms with Crippen LogP contribution in [0.15, 0.2) is 0 Å². The Balaban J connectivity index is 0.000000218. The normalized spacial score (nSPS) is 31.7. The molecule has 0 aromatic heterocycles. The molecule has 0 spiro atoms. The lowest BCUT2D eigenvalue weighted by Gasteiger charge is -2.51. The van der Waals surface area contributed by atoms with E-state index >= 15 is 0 Å². The third kappa shape index (κ3) is 26.6. The topological polar surface area (TPSA) is 92.9 Å². The highest BCUT2D eigenvalue weighted by atomic mass is 32.2. The van der Waals surface area contributed by atoms with Gasteiger partial charge in [0.05, 0.1) is 70.0 Å². The fraction of sp³-hybridized carbons (Fsp3) is 0.986. The highest BCUT2D eigenvalue weighted by Crippen LogP contribution is 2.25. The van der Waals surface area contributed by atoms with Crippen molar-refractivity contribution in [3.05, 3.63) is 0 Å². The summed E-state index contributed by atoms with van der Waals surface area (Å²) in [6.45, 7) is 76.8. The van der Waals surface area contributed by atoms with E-state index in [0.29, 0.717) is 96.8 Å². The minimum atomic E-state index is -1.69. The second-order valence-corrected chi connectivity index (χ2v) is 33.0. The van der Waals surface area contributed by atoms with Crippen LogP contribution in [0.3, 0.4) is 0 Å². The Bertz CT molecular complexity index is 1840. The molecule has 0 aromatic carbocycles. The molecule has 18 heteroatoms. The van der Waals surface area contributed by atoms with Gasteiger partial charge in [0.15, 0.2) is 0 Å². The lowest BCUT2D eigenvalue weighted by atomic mass is 10.0. The molecule has 10 saturated heterocycles. The van der Waals surface area contributed by atoms with Gasteiger partial charge < -0.3 is 28.7 Å². The van der Waals surface area contributed by atoms with E-state index in [1.807, 2.05) is 0 Å². The molecule has 10 heterocycles. The molecular formula is C69H144N12O5S. The fourth-order valence-electron chi connectivity index (χ4n) is 14.0. The van der Waals surface area contributed by atoms with Crippen molar-refractivity contribution in [2.75, 3.05) is 183 Å². The lowest BCUT2D eigenvalue weighted by Crippen LogP contribution is -2.65. The van der Waals surface area contributed by atoms with Crippen LogP contribution in [0.2, 0.25) is 0 Å². The van der Waals surface area contributed by atoms with E-state index < -0.39 is 9.52 Å². The highest BCUT2D eigenvalue weighted by Gasteiger charge is 2.39. The van der Waals surface area contributed by atoms with Gasteiger partial charge in [-0.05, 0) is 182 Å². The van der Waals surface area contributed by atoms with Crippen molar-refractivity contribution >= 4 is 15.4 Å². The van der Waals surface area contributed by atoms with Crippen LogP contribution in [0.25, 0.3) is 0 Å². The Morgan fingerprint density at radius 3 is 0.943 bits per heavy atom. The van der Waals surface area contributed by atoms with E-state index in [2.05, 4.69) is 231 Å². The van der Waals surface area contributed by atoms with Crippen LogP contribution in [0.5, 0.6) is 0 Å². The first kappa shape index (κ1) is 78.8. The van der Waals surface area contributed by atoms with Crippen LogP contribution in [0.4, 0.5) is 0 Å². The number of piperazine rings is 5. The molecule has 0 N–H and O–H groups in total. The Morgan fingerprint density at radius 2 is 0.667 bits per heavy atom. The Hall–Kier alpha value is -0.620. The van der Waals surface area contributed by atoms with Crippen molar-refractivity contribution < 1.29 is 23.2 Å². The summed E-state index contributed by atoms with van der Waals surface area (Å²) >= 11 is 0. The van der Waals surface area contributed by atoms with Gasteiger partial charge in [0.2, 0.25) is 0 Å². The van der Waals surface area contributed by atoms with Gasteiger partial charge in [-0.3, -0.25) is 53.2 Å². The first-order valence-electron chi connectivity index (χ1n) is 35.4. The second kappa shape index (κ2) is 38.7. The summed E-state index contributed by atoms with van der Waals surface area (Å²) in [7, 11) is 2.73. The van der Waals surface area contributed by atoms with Gasteiger partial charge in [-0.25, -0.2) is 0 Å². The molecule has 8 atom stereocenters. The van der Waals surface area contributed by atoms with Crippen LogP contribution in [-0.4, -0.2) is 361 Å². The fourth-order valence-corrected chi connectivity index (χ4v) is 15.3. The number of morpholine rings is 1. The maximum atomic E-state index is 11.4. The number of ether oxygens (including phenoxy) is 4. The van der Waals surface area contributed by atoms with Gasteiger partial charge in [0.1, 0.15) is 0 Å². The lowest BCUT2D eigenvalue weighted by molar-refractivity contribution is -0.114. The highest BCUT2D eigenvalue weighted by molar-refractivity contribution is 8.00. The summed E-state index contributed by atoms with van der Waals surface area (Å²) in [5, 5.41) is 0. The average molecular weight is 1250 g/mol. The molecular weight excluding hydrogens is 1110 g/mol. The van der Waals surface area contributed by atoms with Crippen molar-refractivity contribution in [3.8, 4) is 0 Å². The van der Waals surface area contributed by atoms with Crippen molar-refractivity contribution in [2.45, 2.75) is 261 Å². The van der Waals surface area contributed by atoms with Crippen LogP contribution >= 0.6 is 0 Å². The standard InChI is InChI=1S/C12H24N2O.2C11H22N2O.2C9H20N2.C9H19NO.C8H17NOS/c1-9(2)13-5-10(3)14(11(4)6-13)12-7-15-8-12;2*1-9(2)13-5-4-12(6-10(13)3)11-7-14-8-11;2*1-8(2)11-6-5-10(4)9(3)7-11;1-7(2)10-5-8(3)11-9(4)6-10;1-8(2)9-4-6-11(3,10)7-5-9/h9-12H,5-8H2,1-4H3;2*9-11H,4-8H2,1-3H3;2*8-9H,5-7H2,1-4H3;7-9H,5-6H2,1-4H3;8H,3-7H2,1-2H3/t10-,11+;2*10-;2*9-;8-,9+;/m.1010../s1. The van der Waals surface area contributed by atoms with E-state index in [9.17, 15) is 4.21 Å². The Labute approximate surface area is 539 Å². The summed E-state index contributed by atoms with van der Waals surface area (Å²) in [4.78, 5) is 30.4. The summed E-state index contributed by atoms with van der Waals surface area (Å²) in [6.07, 6.45) is 0.808. The van der Waals surface area contributed by atoms with Crippen LogP contribution in [0.1, 0.15) is 152 Å². The monoisotopic (exact) mass is 1250 g/mol. The molecule has 87 heavy (non-hydrogen) atoms. The maximum Gasteiger partial charge on any atom is 0.0678 e. The third-order valence-corrected chi connectivity index (χ3v) is 22.5. The summed E-state index contributed by atoms with van der Waals surface area (Å²) in [5.74, 6) is 5.29. The quantitative estimate of drug-likeness (QED) is 0.215. The Morgan fingerprint density at radius 1 is 0.345 bits per heavy atom. The molecule has 0 bridgehead atoms. The van der Waals surface area contributed by atoms with Gasteiger partial charge in [-0.2, -0.15) is 0 Å².